The fraction of sp³-hybridized carbons (Fsp3) is 0.533. The molecule has 0 aliphatic heterocycles. The van der Waals surface area contributed by atoms with Gasteiger partial charge in [-0.25, -0.2) is 0 Å². The van der Waals surface area contributed by atoms with Crippen LogP contribution in [0.1, 0.15) is 49.9 Å². The van der Waals surface area contributed by atoms with E-state index >= 15 is 0 Å². The number of hydrogen-bond acceptors (Lipinski definition) is 2. The first-order chi connectivity index (χ1) is 8.58. The summed E-state index contributed by atoms with van der Waals surface area (Å²) < 4.78 is 5.99. The topological polar surface area (TPSA) is 26.3 Å². The largest absolute Gasteiger partial charge is 0.489 e. The van der Waals surface area contributed by atoms with Gasteiger partial charge in [-0.3, -0.25) is 4.79 Å². The molecule has 1 aliphatic carbocycles. The first-order valence-corrected chi connectivity index (χ1v) is 6.93. The monoisotopic (exact) mass is 266 g/mol. The summed E-state index contributed by atoms with van der Waals surface area (Å²) in [6.07, 6.45) is 5.06. The van der Waals surface area contributed by atoms with E-state index in [0.717, 1.165) is 6.42 Å². The molecule has 0 N–H and O–H groups in total. The van der Waals surface area contributed by atoms with Gasteiger partial charge in [-0.15, -0.1) is 0 Å². The van der Waals surface area contributed by atoms with Crippen molar-refractivity contribution >= 4 is 17.4 Å². The van der Waals surface area contributed by atoms with Crippen LogP contribution in [0.25, 0.3) is 0 Å². The number of halogens is 1. The predicted molar refractivity (Wildman–Crippen MR) is 73.5 cm³/mol. The van der Waals surface area contributed by atoms with Crippen LogP contribution in [0.4, 0.5) is 0 Å². The Hall–Kier alpha value is -1.02. The third kappa shape index (κ3) is 3.05. The number of rotatable bonds is 3. The summed E-state index contributed by atoms with van der Waals surface area (Å²) in [5.41, 5.74) is 0.629. The van der Waals surface area contributed by atoms with Crippen molar-refractivity contribution in [1.29, 1.82) is 0 Å². The van der Waals surface area contributed by atoms with Crippen LogP contribution in [0.15, 0.2) is 18.2 Å². The van der Waals surface area contributed by atoms with E-state index in [1.165, 1.54) is 26.2 Å². The van der Waals surface area contributed by atoms with E-state index in [4.69, 9.17) is 16.3 Å². The molecule has 0 bridgehead atoms. The zero-order chi connectivity index (χ0) is 13.1. The highest BCUT2D eigenvalue weighted by molar-refractivity contribution is 6.32. The Labute approximate surface area is 113 Å². The Morgan fingerprint density at radius 1 is 1.33 bits per heavy atom. The molecule has 3 heteroatoms. The van der Waals surface area contributed by atoms with Crippen LogP contribution in [0.2, 0.25) is 5.02 Å². The van der Waals surface area contributed by atoms with E-state index in [-0.39, 0.29) is 11.9 Å². The van der Waals surface area contributed by atoms with Gasteiger partial charge in [0, 0.05) is 5.56 Å². The van der Waals surface area contributed by atoms with Crippen molar-refractivity contribution in [2.24, 2.45) is 5.92 Å². The predicted octanol–water partition coefficient (Wildman–Crippen LogP) is 4.50. The second-order valence-corrected chi connectivity index (χ2v) is 5.53. The lowest BCUT2D eigenvalue weighted by atomic mass is 9.88. The van der Waals surface area contributed by atoms with Gasteiger partial charge in [-0.05, 0) is 50.3 Å². The average molecular weight is 267 g/mol. The van der Waals surface area contributed by atoms with Crippen molar-refractivity contribution in [3.8, 4) is 5.75 Å². The number of benzene rings is 1. The summed E-state index contributed by atoms with van der Waals surface area (Å²) in [5.74, 6) is 1.29. The summed E-state index contributed by atoms with van der Waals surface area (Å²) in [4.78, 5) is 11.3. The first kappa shape index (κ1) is 13.4. The molecule has 1 aliphatic rings. The number of Topliss-reactive ketones (excluding diaryl/α,β-unsaturated/α-hetero) is 1. The Morgan fingerprint density at radius 2 is 2.06 bits per heavy atom. The molecule has 2 unspecified atom stereocenters. The van der Waals surface area contributed by atoms with Crippen molar-refractivity contribution in [3.63, 3.8) is 0 Å². The smallest absolute Gasteiger partial charge is 0.159 e. The maximum atomic E-state index is 11.3. The highest BCUT2D eigenvalue weighted by Crippen LogP contribution is 2.32. The van der Waals surface area contributed by atoms with E-state index in [9.17, 15) is 4.79 Å². The number of carbonyl (C=O) groups is 1. The van der Waals surface area contributed by atoms with Crippen LogP contribution in [0.3, 0.4) is 0 Å². The molecule has 0 heterocycles. The molecule has 2 nitrogen and oxygen atoms in total. The van der Waals surface area contributed by atoms with E-state index in [1.807, 2.05) is 0 Å². The molecule has 1 fully saturated rings. The van der Waals surface area contributed by atoms with Crippen LogP contribution in [0.5, 0.6) is 5.75 Å². The molecule has 0 aromatic heterocycles. The third-order valence-electron chi connectivity index (χ3n) is 3.65. The van der Waals surface area contributed by atoms with Crippen LogP contribution in [-0.4, -0.2) is 11.9 Å². The van der Waals surface area contributed by atoms with Gasteiger partial charge < -0.3 is 4.74 Å². The Kier molecular flexibility index (Phi) is 4.28. The molecule has 1 aromatic rings. The van der Waals surface area contributed by atoms with Crippen LogP contribution in [-0.2, 0) is 0 Å². The molecule has 0 amide bonds. The Balaban J connectivity index is 2.11. The molecular formula is C15H19ClO2. The zero-order valence-corrected chi connectivity index (χ0v) is 11.7. The minimum atomic E-state index is 0.0227. The van der Waals surface area contributed by atoms with E-state index in [2.05, 4.69) is 6.92 Å². The maximum Gasteiger partial charge on any atom is 0.159 e. The number of ketones is 1. The third-order valence-corrected chi connectivity index (χ3v) is 3.94. The van der Waals surface area contributed by atoms with Gasteiger partial charge in [0.15, 0.2) is 5.78 Å². The lowest BCUT2D eigenvalue weighted by molar-refractivity contribution is 0.101. The van der Waals surface area contributed by atoms with Gasteiger partial charge in [-0.1, -0.05) is 24.9 Å². The number of carbonyl (C=O) groups excluding carboxylic acids is 1. The second kappa shape index (κ2) is 5.75. The molecule has 2 rings (SSSR count). The number of ether oxygens (including phenoxy) is 1. The molecule has 0 spiro atoms. The molecule has 0 radical (unpaired) electrons. The van der Waals surface area contributed by atoms with Gasteiger partial charge in [0.2, 0.25) is 0 Å². The minimum absolute atomic E-state index is 0.0227. The summed E-state index contributed by atoms with van der Waals surface area (Å²) in [6, 6.07) is 5.27. The molecule has 18 heavy (non-hydrogen) atoms. The summed E-state index contributed by atoms with van der Waals surface area (Å²) in [7, 11) is 0. The van der Waals surface area contributed by atoms with Gasteiger partial charge in [0.25, 0.3) is 0 Å². The summed E-state index contributed by atoms with van der Waals surface area (Å²) >= 11 is 6.16. The van der Waals surface area contributed by atoms with E-state index in [1.54, 1.807) is 18.2 Å². The quantitative estimate of drug-likeness (QED) is 0.753. The average Bonchev–Trinajstić information content (AvgIpc) is 2.34. The number of hydrogen-bond donors (Lipinski definition) is 0. The molecule has 1 aromatic carbocycles. The Morgan fingerprint density at radius 3 is 2.67 bits per heavy atom. The van der Waals surface area contributed by atoms with Gasteiger partial charge >= 0.3 is 0 Å². The van der Waals surface area contributed by atoms with Gasteiger partial charge in [0.1, 0.15) is 11.9 Å². The van der Waals surface area contributed by atoms with Gasteiger partial charge in [0.05, 0.1) is 5.02 Å². The van der Waals surface area contributed by atoms with Crippen molar-refractivity contribution in [2.45, 2.75) is 45.6 Å². The van der Waals surface area contributed by atoms with Crippen molar-refractivity contribution in [1.82, 2.24) is 0 Å². The molecule has 1 saturated carbocycles. The summed E-state index contributed by atoms with van der Waals surface area (Å²) in [6.45, 7) is 3.76. The fourth-order valence-electron chi connectivity index (χ4n) is 2.44. The second-order valence-electron chi connectivity index (χ2n) is 5.12. The SMILES string of the molecule is CC(=O)c1ccc(OC2CCCCC2C)c(Cl)c1. The maximum absolute atomic E-state index is 11.3. The summed E-state index contributed by atoms with van der Waals surface area (Å²) in [5, 5.41) is 0.528. The normalized spacial score (nSPS) is 23.7. The zero-order valence-electron chi connectivity index (χ0n) is 10.9. The van der Waals surface area contributed by atoms with Crippen LogP contribution >= 0.6 is 11.6 Å². The Bertz CT molecular complexity index is 442. The first-order valence-electron chi connectivity index (χ1n) is 6.55. The minimum Gasteiger partial charge on any atom is -0.489 e. The van der Waals surface area contributed by atoms with Crippen molar-refractivity contribution < 1.29 is 9.53 Å². The molecular weight excluding hydrogens is 248 g/mol. The lowest BCUT2D eigenvalue weighted by Gasteiger charge is -2.29. The lowest BCUT2D eigenvalue weighted by Crippen LogP contribution is -2.28. The van der Waals surface area contributed by atoms with Crippen molar-refractivity contribution in [3.05, 3.63) is 28.8 Å². The fourth-order valence-corrected chi connectivity index (χ4v) is 2.66. The van der Waals surface area contributed by atoms with E-state index < -0.39 is 0 Å². The van der Waals surface area contributed by atoms with Crippen molar-refractivity contribution in [2.75, 3.05) is 0 Å². The van der Waals surface area contributed by atoms with E-state index in [0.29, 0.717) is 22.3 Å². The van der Waals surface area contributed by atoms with Crippen LogP contribution < -0.4 is 4.74 Å². The molecule has 2 atom stereocenters. The molecule has 98 valence electrons. The van der Waals surface area contributed by atoms with Crippen LogP contribution in [0, 0.1) is 5.92 Å². The molecule has 0 saturated heterocycles. The standard InChI is InChI=1S/C15H19ClO2/c1-10-5-3-4-6-14(10)18-15-8-7-12(11(2)17)9-13(15)16/h7-10,14H,3-6H2,1-2H3. The highest BCUT2D eigenvalue weighted by atomic mass is 35.5. The van der Waals surface area contributed by atoms with Gasteiger partial charge in [-0.2, -0.15) is 0 Å². The highest BCUT2D eigenvalue weighted by Gasteiger charge is 2.23.